The minimum absolute atomic E-state index is 0.0219. The lowest BCUT2D eigenvalue weighted by Gasteiger charge is -2.20. The van der Waals surface area contributed by atoms with Crippen molar-refractivity contribution < 1.29 is 35.3 Å². The van der Waals surface area contributed by atoms with E-state index in [4.69, 9.17) is 4.74 Å². The van der Waals surface area contributed by atoms with Crippen LogP contribution in [0, 0.1) is 13.8 Å². The van der Waals surface area contributed by atoms with Crippen molar-refractivity contribution in [2.24, 2.45) is 4.99 Å². The van der Waals surface area contributed by atoms with Gasteiger partial charge in [-0.05, 0) is 58.4 Å². The lowest BCUT2D eigenvalue weighted by Crippen LogP contribution is -2.28. The van der Waals surface area contributed by atoms with Crippen molar-refractivity contribution in [1.82, 2.24) is 24.6 Å². The third-order valence-electron chi connectivity index (χ3n) is 4.60. The Bertz CT molecular complexity index is 1510. The van der Waals surface area contributed by atoms with E-state index >= 15 is 0 Å². The molecular formula is C22H26F3N7O5S. The summed E-state index contributed by atoms with van der Waals surface area (Å²) in [5.74, 6) is -0.188. The number of fused-ring (bicyclic) bond motifs is 1. The van der Waals surface area contributed by atoms with Gasteiger partial charge in [0.25, 0.3) is 0 Å². The molecule has 0 aliphatic carbocycles. The van der Waals surface area contributed by atoms with Crippen molar-refractivity contribution in [1.29, 1.82) is 0 Å². The zero-order valence-electron chi connectivity index (χ0n) is 21.6. The number of rotatable bonds is 6. The Morgan fingerprint density at radius 2 is 1.82 bits per heavy atom. The molecule has 12 nitrogen and oxygen atoms in total. The molecule has 1 N–H and O–H groups in total. The number of carbonyl (C=O) groups excluding carboxylic acids is 1. The van der Waals surface area contributed by atoms with Crippen LogP contribution in [0.25, 0.3) is 16.7 Å². The normalized spacial score (nSPS) is 12.7. The monoisotopic (exact) mass is 557 g/mol. The number of hydrogen-bond donors (Lipinski definition) is 1. The SMILES string of the molecule is Cc1cc(NC(=O)OC(C)(C)C)ccc1-n1nc(C)c2nc(OS(=O)(=O)C(F)(F)F)nc(N=CN(C)C)c21. The number of amides is 1. The van der Waals surface area contributed by atoms with Crippen LogP contribution in [0.15, 0.2) is 23.2 Å². The predicted octanol–water partition coefficient (Wildman–Crippen LogP) is 4.23. The average Bonchev–Trinajstić information content (AvgIpc) is 3.06. The highest BCUT2D eigenvalue weighted by Crippen LogP contribution is 2.33. The summed E-state index contributed by atoms with van der Waals surface area (Å²) in [5.41, 5.74) is -4.30. The number of nitrogens with one attached hydrogen (secondary N) is 1. The standard InChI is InChI=1S/C22H26F3N7O5S/c1-12-10-14(27-20(33)36-21(3,4)5)8-9-15(12)32-17-16(13(2)30-32)28-19(29-18(17)26-11-31(6)7)37-38(34,35)22(23,24)25/h8-11H,1-7H3,(H,27,33). The summed E-state index contributed by atoms with van der Waals surface area (Å²) < 4.78 is 72.5. The van der Waals surface area contributed by atoms with Gasteiger partial charge in [0.2, 0.25) is 0 Å². The molecule has 38 heavy (non-hydrogen) atoms. The number of aliphatic imine (C=N–C) groups is 1. The molecule has 1 aromatic carbocycles. The van der Waals surface area contributed by atoms with Crippen LogP contribution in [0.5, 0.6) is 6.01 Å². The van der Waals surface area contributed by atoms with Gasteiger partial charge in [0, 0.05) is 19.8 Å². The van der Waals surface area contributed by atoms with E-state index in [1.54, 1.807) is 60.0 Å². The molecule has 0 fully saturated rings. The molecule has 3 rings (SSSR count). The van der Waals surface area contributed by atoms with Crippen LogP contribution < -0.4 is 9.50 Å². The topological polar surface area (TPSA) is 141 Å². The maximum atomic E-state index is 12.9. The van der Waals surface area contributed by atoms with Gasteiger partial charge in [-0.25, -0.2) is 14.5 Å². The molecule has 0 aliphatic heterocycles. The molecule has 0 spiro atoms. The van der Waals surface area contributed by atoms with Crippen molar-refractivity contribution in [2.75, 3.05) is 19.4 Å². The first-order chi connectivity index (χ1) is 17.4. The van der Waals surface area contributed by atoms with Crippen molar-refractivity contribution in [2.45, 2.75) is 45.7 Å². The van der Waals surface area contributed by atoms with Gasteiger partial charge in [-0.15, -0.1) is 0 Å². The first-order valence-corrected chi connectivity index (χ1v) is 12.4. The van der Waals surface area contributed by atoms with Gasteiger partial charge < -0.3 is 13.8 Å². The van der Waals surface area contributed by atoms with Gasteiger partial charge >= 0.3 is 27.7 Å². The lowest BCUT2D eigenvalue weighted by molar-refractivity contribution is -0.0502. The first kappa shape index (κ1) is 28.6. The van der Waals surface area contributed by atoms with Gasteiger partial charge in [0.05, 0.1) is 17.7 Å². The fourth-order valence-electron chi connectivity index (χ4n) is 3.13. The summed E-state index contributed by atoms with van der Waals surface area (Å²) in [5, 5.41) is 7.06. The summed E-state index contributed by atoms with van der Waals surface area (Å²) in [7, 11) is -2.72. The third-order valence-corrected chi connectivity index (χ3v) is 5.53. The molecule has 0 saturated heterocycles. The number of halogens is 3. The Morgan fingerprint density at radius 1 is 1.16 bits per heavy atom. The van der Waals surface area contributed by atoms with Crippen LogP contribution in [-0.4, -0.2) is 70.7 Å². The van der Waals surface area contributed by atoms with Crippen molar-refractivity contribution in [3.05, 3.63) is 29.5 Å². The number of carbonyl (C=O) groups is 1. The second-order valence-electron chi connectivity index (χ2n) is 9.34. The van der Waals surface area contributed by atoms with Gasteiger partial charge in [-0.2, -0.15) is 36.7 Å². The second kappa shape index (κ2) is 10.1. The summed E-state index contributed by atoms with van der Waals surface area (Å²) in [6.07, 6.45) is 0.678. The van der Waals surface area contributed by atoms with E-state index in [0.717, 1.165) is 0 Å². The Kier molecular flexibility index (Phi) is 7.59. The molecule has 2 aromatic heterocycles. The molecule has 206 valence electrons. The quantitative estimate of drug-likeness (QED) is 0.204. The molecular weight excluding hydrogens is 531 g/mol. The third kappa shape index (κ3) is 6.48. The molecule has 3 aromatic rings. The fraction of sp³-hybridized carbons (Fsp3) is 0.409. The molecule has 0 radical (unpaired) electrons. The molecule has 1 amide bonds. The van der Waals surface area contributed by atoms with Crippen molar-refractivity contribution in [3.63, 3.8) is 0 Å². The zero-order valence-corrected chi connectivity index (χ0v) is 22.4. The van der Waals surface area contributed by atoms with Crippen LogP contribution in [0.4, 0.5) is 29.5 Å². The summed E-state index contributed by atoms with van der Waals surface area (Å²) in [4.78, 5) is 25.5. The molecule has 0 saturated carbocycles. The Labute approximate surface area is 216 Å². The predicted molar refractivity (Wildman–Crippen MR) is 133 cm³/mol. The number of alkyl halides is 3. The van der Waals surface area contributed by atoms with E-state index in [-0.39, 0.29) is 22.5 Å². The number of benzene rings is 1. The van der Waals surface area contributed by atoms with Gasteiger partial charge in [-0.1, -0.05) is 0 Å². The van der Waals surface area contributed by atoms with Crippen molar-refractivity contribution in [3.8, 4) is 11.7 Å². The Morgan fingerprint density at radius 3 is 2.37 bits per heavy atom. The zero-order chi connectivity index (χ0) is 28.6. The van der Waals surface area contributed by atoms with E-state index in [9.17, 15) is 26.4 Å². The average molecular weight is 558 g/mol. The van der Waals surface area contributed by atoms with Crippen LogP contribution >= 0.6 is 0 Å². The smallest absolute Gasteiger partial charge is 0.444 e. The molecule has 0 aliphatic rings. The van der Waals surface area contributed by atoms with Crippen LogP contribution in [0.3, 0.4) is 0 Å². The molecule has 2 heterocycles. The summed E-state index contributed by atoms with van der Waals surface area (Å²) in [6.45, 7) is 8.48. The van der Waals surface area contributed by atoms with E-state index in [2.05, 4.69) is 29.6 Å². The molecule has 0 bridgehead atoms. The van der Waals surface area contributed by atoms with Crippen LogP contribution in [0.1, 0.15) is 32.0 Å². The summed E-state index contributed by atoms with van der Waals surface area (Å²) >= 11 is 0. The maximum absolute atomic E-state index is 12.9. The minimum Gasteiger partial charge on any atom is -0.444 e. The summed E-state index contributed by atoms with van der Waals surface area (Å²) in [6, 6.07) is 3.86. The van der Waals surface area contributed by atoms with E-state index < -0.39 is 33.3 Å². The van der Waals surface area contributed by atoms with Crippen LogP contribution in [-0.2, 0) is 14.9 Å². The van der Waals surface area contributed by atoms with Crippen LogP contribution in [0.2, 0.25) is 0 Å². The number of anilines is 1. The Hall–Kier alpha value is -3.95. The fourth-order valence-corrected chi connectivity index (χ4v) is 3.49. The second-order valence-corrected chi connectivity index (χ2v) is 10.9. The number of ether oxygens (including phenoxy) is 1. The number of aryl methyl sites for hydroxylation is 2. The van der Waals surface area contributed by atoms with Gasteiger partial charge in [0.15, 0.2) is 5.82 Å². The largest absolute Gasteiger partial charge is 0.534 e. The Balaban J connectivity index is 2.13. The minimum atomic E-state index is -6.02. The highest BCUT2D eigenvalue weighted by molar-refractivity contribution is 7.87. The van der Waals surface area contributed by atoms with E-state index in [1.807, 2.05) is 0 Å². The number of aromatic nitrogens is 4. The highest BCUT2D eigenvalue weighted by Gasteiger charge is 2.49. The number of hydrogen-bond acceptors (Lipinski definition) is 9. The first-order valence-electron chi connectivity index (χ1n) is 11.0. The van der Waals surface area contributed by atoms with Crippen molar-refractivity contribution >= 4 is 45.1 Å². The highest BCUT2D eigenvalue weighted by atomic mass is 32.2. The molecule has 0 unspecified atom stereocenters. The van der Waals surface area contributed by atoms with Gasteiger partial charge in [0.1, 0.15) is 16.6 Å². The molecule has 16 heteroatoms. The van der Waals surface area contributed by atoms with E-state index in [0.29, 0.717) is 16.9 Å². The molecule has 0 atom stereocenters. The lowest BCUT2D eigenvalue weighted by atomic mass is 10.1. The van der Waals surface area contributed by atoms with E-state index in [1.165, 1.54) is 22.8 Å². The maximum Gasteiger partial charge on any atom is 0.534 e. The van der Waals surface area contributed by atoms with Gasteiger partial charge in [-0.3, -0.25) is 5.32 Å². The number of nitrogens with zero attached hydrogens (tertiary/aromatic N) is 6.